The molecule has 6 nitrogen and oxygen atoms in total. The highest BCUT2D eigenvalue weighted by Gasteiger charge is 2.24. The molecule has 7 heteroatoms. The van der Waals surface area contributed by atoms with Crippen molar-refractivity contribution in [1.82, 2.24) is 19.5 Å². The van der Waals surface area contributed by atoms with Gasteiger partial charge in [-0.25, -0.2) is 4.98 Å². The predicted molar refractivity (Wildman–Crippen MR) is 202 cm³/mol. The topological polar surface area (TPSA) is 91.2 Å². The number of hydrogen-bond donors (Lipinski definition) is 0. The molecule has 0 saturated carbocycles. The van der Waals surface area contributed by atoms with Crippen molar-refractivity contribution in [2.24, 2.45) is 0 Å². The Labute approximate surface area is 289 Å². The molecule has 3 aromatic heterocycles. The summed E-state index contributed by atoms with van der Waals surface area (Å²) in [7, 11) is 0. The van der Waals surface area contributed by atoms with Gasteiger partial charge >= 0.3 is 0 Å². The molecule has 7 aromatic carbocycles. The third-order valence-corrected chi connectivity index (χ3v) is 10.7. The van der Waals surface area contributed by atoms with E-state index in [1.54, 1.807) is 24.3 Å². The zero-order chi connectivity index (χ0) is 33.3. The third kappa shape index (κ3) is 4.08. The van der Waals surface area contributed by atoms with Crippen molar-refractivity contribution in [3.05, 3.63) is 145 Å². The monoisotopic (exact) mass is 654 g/mol. The molecule has 0 aliphatic heterocycles. The molecule has 0 amide bonds. The summed E-state index contributed by atoms with van der Waals surface area (Å²) in [6, 6.07) is 49.2. The van der Waals surface area contributed by atoms with Crippen molar-refractivity contribution in [3.8, 4) is 40.9 Å². The number of thiophene rings is 1. The standard InChI is InChI=1S/C43H22N6S/c44-23-25-13-17-28(18-14-25)41-46-42(29-19-15-26(24-45)16-20-29)48-43(47-41)49-34-11-5-3-9-31(34)36-33-22-21-27-7-1-2-8-30(27)37(33)40-38(39(36)49)32-10-4-6-12-35(32)50-40/h1-22H. The van der Waals surface area contributed by atoms with E-state index in [2.05, 4.69) is 102 Å². The highest BCUT2D eigenvalue weighted by Crippen LogP contribution is 2.49. The van der Waals surface area contributed by atoms with E-state index in [1.165, 1.54) is 41.7 Å². The summed E-state index contributed by atoms with van der Waals surface area (Å²) in [5.41, 5.74) is 4.69. The largest absolute Gasteiger partial charge is 0.277 e. The number of benzene rings is 7. The summed E-state index contributed by atoms with van der Waals surface area (Å²) in [4.78, 5) is 15.3. The number of fused-ring (bicyclic) bond motifs is 12. The van der Waals surface area contributed by atoms with Gasteiger partial charge in [-0.2, -0.15) is 20.5 Å². The minimum atomic E-state index is 0.488. The smallest absolute Gasteiger partial charge is 0.238 e. The third-order valence-electron chi connectivity index (χ3n) is 9.50. The van der Waals surface area contributed by atoms with Crippen LogP contribution in [0, 0.1) is 22.7 Å². The molecule has 0 saturated heterocycles. The molecule has 0 spiro atoms. The van der Waals surface area contributed by atoms with Crippen LogP contribution in [-0.2, 0) is 0 Å². The van der Waals surface area contributed by atoms with Crippen LogP contribution in [0.2, 0.25) is 0 Å². The normalized spacial score (nSPS) is 11.6. The molecule has 10 aromatic rings. The van der Waals surface area contributed by atoms with Crippen molar-refractivity contribution in [2.45, 2.75) is 0 Å². The Kier molecular flexibility index (Phi) is 6.07. The summed E-state index contributed by atoms with van der Waals surface area (Å²) >= 11 is 1.82. The molecule has 0 aliphatic rings. The van der Waals surface area contributed by atoms with Crippen LogP contribution in [0.5, 0.6) is 0 Å². The molecule has 0 aliphatic carbocycles. The maximum atomic E-state index is 9.47. The lowest BCUT2D eigenvalue weighted by molar-refractivity contribution is 0.955. The quantitative estimate of drug-likeness (QED) is 0.177. The summed E-state index contributed by atoms with van der Waals surface area (Å²) in [6.45, 7) is 0. The molecular formula is C43H22N6S. The summed E-state index contributed by atoms with van der Waals surface area (Å²) in [5, 5.41) is 28.4. The van der Waals surface area contributed by atoms with Gasteiger partial charge in [0.1, 0.15) is 0 Å². The molecule has 0 bridgehead atoms. The molecular weight excluding hydrogens is 633 g/mol. The van der Waals surface area contributed by atoms with Gasteiger partial charge in [0.2, 0.25) is 5.95 Å². The van der Waals surface area contributed by atoms with Crippen molar-refractivity contribution < 1.29 is 0 Å². The highest BCUT2D eigenvalue weighted by atomic mass is 32.1. The fourth-order valence-corrected chi connectivity index (χ4v) is 8.53. The van der Waals surface area contributed by atoms with Crippen LogP contribution in [0.1, 0.15) is 11.1 Å². The number of aromatic nitrogens is 4. The summed E-state index contributed by atoms with van der Waals surface area (Å²) < 4.78 is 4.64. The SMILES string of the molecule is N#Cc1ccc(-c2nc(-c3ccc(C#N)cc3)nc(-n3c4ccccc4c4c5ccc6ccccc6c5c5sc6ccccc6c5c43)n2)cc1. The number of rotatable bonds is 3. The molecule has 0 radical (unpaired) electrons. The number of para-hydroxylation sites is 1. The lowest BCUT2D eigenvalue weighted by atomic mass is 9.95. The van der Waals surface area contributed by atoms with Gasteiger partial charge in [0.05, 0.1) is 34.3 Å². The van der Waals surface area contributed by atoms with Gasteiger partial charge in [0.15, 0.2) is 11.6 Å². The Morgan fingerprint density at radius 1 is 0.500 bits per heavy atom. The fraction of sp³-hybridized carbons (Fsp3) is 0. The van der Waals surface area contributed by atoms with Crippen molar-refractivity contribution in [2.75, 3.05) is 0 Å². The second-order valence-electron chi connectivity index (χ2n) is 12.2. The van der Waals surface area contributed by atoms with Gasteiger partial charge < -0.3 is 0 Å². The molecule has 0 unspecified atom stereocenters. The van der Waals surface area contributed by atoms with E-state index in [0.29, 0.717) is 28.7 Å². The lowest BCUT2D eigenvalue weighted by Gasteiger charge is -2.13. The van der Waals surface area contributed by atoms with Crippen molar-refractivity contribution in [3.63, 3.8) is 0 Å². The van der Waals surface area contributed by atoms with Crippen LogP contribution < -0.4 is 0 Å². The zero-order valence-electron chi connectivity index (χ0n) is 26.3. The fourth-order valence-electron chi connectivity index (χ4n) is 7.25. The Morgan fingerprint density at radius 3 is 1.78 bits per heavy atom. The number of hydrogen-bond acceptors (Lipinski definition) is 6. The molecule has 0 atom stereocenters. The van der Waals surface area contributed by atoms with Crippen molar-refractivity contribution >= 4 is 74.9 Å². The summed E-state index contributed by atoms with van der Waals surface area (Å²) in [5.74, 6) is 1.47. The Bertz CT molecular complexity index is 3030. The average Bonchev–Trinajstić information content (AvgIpc) is 3.74. The minimum absolute atomic E-state index is 0.488. The molecule has 3 heterocycles. The number of nitriles is 2. The first kappa shape index (κ1) is 28.1. The van der Waals surface area contributed by atoms with Gasteiger partial charge in [-0.3, -0.25) is 4.57 Å². The number of nitrogens with zero attached hydrogens (tertiary/aromatic N) is 6. The van der Waals surface area contributed by atoms with E-state index in [4.69, 9.17) is 15.0 Å². The van der Waals surface area contributed by atoms with E-state index in [-0.39, 0.29) is 0 Å². The van der Waals surface area contributed by atoms with Crippen molar-refractivity contribution in [1.29, 1.82) is 10.5 Å². The predicted octanol–water partition coefficient (Wildman–Crippen LogP) is 10.7. The first-order valence-corrected chi connectivity index (χ1v) is 17.0. The van der Waals surface area contributed by atoms with E-state index >= 15 is 0 Å². The average molecular weight is 655 g/mol. The van der Waals surface area contributed by atoms with E-state index in [9.17, 15) is 10.5 Å². The Balaban J connectivity index is 1.40. The van der Waals surface area contributed by atoms with E-state index < -0.39 is 0 Å². The Hall–Kier alpha value is -6.93. The van der Waals surface area contributed by atoms with Gasteiger partial charge in [-0.05, 0) is 76.8 Å². The van der Waals surface area contributed by atoms with Crippen LogP contribution in [0.3, 0.4) is 0 Å². The van der Waals surface area contributed by atoms with E-state index in [0.717, 1.165) is 32.9 Å². The molecule has 230 valence electrons. The summed E-state index contributed by atoms with van der Waals surface area (Å²) in [6.07, 6.45) is 0. The first-order chi connectivity index (χ1) is 24.7. The molecule has 0 N–H and O–H groups in total. The van der Waals surface area contributed by atoms with Crippen LogP contribution in [0.15, 0.2) is 133 Å². The van der Waals surface area contributed by atoms with Crippen LogP contribution in [0.25, 0.3) is 92.2 Å². The maximum absolute atomic E-state index is 9.47. The van der Waals surface area contributed by atoms with Crippen LogP contribution >= 0.6 is 11.3 Å². The molecule has 10 rings (SSSR count). The highest BCUT2D eigenvalue weighted by molar-refractivity contribution is 7.27. The van der Waals surface area contributed by atoms with E-state index in [1.807, 2.05) is 35.6 Å². The molecule has 50 heavy (non-hydrogen) atoms. The second-order valence-corrected chi connectivity index (χ2v) is 13.3. The van der Waals surface area contributed by atoms with Gasteiger partial charge in [-0.1, -0.05) is 72.8 Å². The maximum Gasteiger partial charge on any atom is 0.238 e. The zero-order valence-corrected chi connectivity index (χ0v) is 27.1. The lowest BCUT2D eigenvalue weighted by Crippen LogP contribution is -2.06. The molecule has 0 fully saturated rings. The first-order valence-electron chi connectivity index (χ1n) is 16.2. The van der Waals surface area contributed by atoms with Crippen LogP contribution in [-0.4, -0.2) is 19.5 Å². The van der Waals surface area contributed by atoms with Gasteiger partial charge in [0, 0.05) is 47.5 Å². The van der Waals surface area contributed by atoms with Gasteiger partial charge in [0.25, 0.3) is 0 Å². The minimum Gasteiger partial charge on any atom is -0.277 e. The van der Waals surface area contributed by atoms with Crippen LogP contribution in [0.4, 0.5) is 0 Å². The Morgan fingerprint density at radius 2 is 1.10 bits per heavy atom. The van der Waals surface area contributed by atoms with Gasteiger partial charge in [-0.15, -0.1) is 11.3 Å². The second kappa shape index (κ2) is 10.8.